The predicted octanol–water partition coefficient (Wildman–Crippen LogP) is 2.39. The molecule has 17 heavy (non-hydrogen) atoms. The monoisotopic (exact) mass is 245 g/mol. The Morgan fingerprint density at radius 1 is 1.35 bits per heavy atom. The van der Waals surface area contributed by atoms with Gasteiger partial charge in [0.15, 0.2) is 5.82 Å². The molecule has 1 aliphatic carbocycles. The fourth-order valence-electron chi connectivity index (χ4n) is 2.20. The number of rotatable bonds is 3. The fourth-order valence-corrected chi connectivity index (χ4v) is 2.20. The van der Waals surface area contributed by atoms with Crippen LogP contribution >= 0.6 is 0 Å². The van der Waals surface area contributed by atoms with Gasteiger partial charge in [0, 0.05) is 0 Å². The van der Waals surface area contributed by atoms with E-state index in [2.05, 4.69) is 10.1 Å². The maximum atomic E-state index is 12.8. The van der Waals surface area contributed by atoms with Crippen LogP contribution in [-0.2, 0) is 12.0 Å². The zero-order chi connectivity index (χ0) is 12.5. The van der Waals surface area contributed by atoms with E-state index in [4.69, 9.17) is 10.3 Å². The van der Waals surface area contributed by atoms with E-state index in [1.165, 1.54) is 0 Å². The zero-order valence-electron chi connectivity index (χ0n) is 9.88. The van der Waals surface area contributed by atoms with Crippen LogP contribution in [0.15, 0.2) is 4.52 Å². The third-order valence-corrected chi connectivity index (χ3v) is 3.12. The normalized spacial score (nSPS) is 20.5. The van der Waals surface area contributed by atoms with Crippen molar-refractivity contribution in [2.24, 2.45) is 5.73 Å². The largest absolute Gasteiger partial charge is 0.339 e. The average molecular weight is 245 g/mol. The van der Waals surface area contributed by atoms with Crippen LogP contribution in [0.1, 0.15) is 50.7 Å². The van der Waals surface area contributed by atoms with Crippen molar-refractivity contribution in [3.8, 4) is 0 Å². The second kappa shape index (κ2) is 4.33. The summed E-state index contributed by atoms with van der Waals surface area (Å²) in [4.78, 5) is 4.01. The number of hydrogen-bond donors (Lipinski definition) is 1. The molecule has 1 aliphatic rings. The Bertz CT molecular complexity index is 380. The van der Waals surface area contributed by atoms with E-state index in [9.17, 15) is 8.78 Å². The van der Waals surface area contributed by atoms with Crippen molar-refractivity contribution < 1.29 is 13.3 Å². The second-order valence-corrected chi connectivity index (χ2v) is 4.98. The molecule has 1 heterocycles. The minimum atomic E-state index is -2.84. The van der Waals surface area contributed by atoms with E-state index >= 15 is 0 Å². The van der Waals surface area contributed by atoms with Crippen LogP contribution in [0.5, 0.6) is 0 Å². The molecule has 0 saturated heterocycles. The molecule has 0 unspecified atom stereocenters. The highest BCUT2D eigenvalue weighted by Crippen LogP contribution is 2.33. The number of hydrogen-bond acceptors (Lipinski definition) is 4. The van der Waals surface area contributed by atoms with Crippen molar-refractivity contribution >= 4 is 0 Å². The number of nitrogens with two attached hydrogens (primary N) is 1. The number of alkyl halides is 2. The maximum Gasteiger partial charge on any atom is 0.254 e. The highest BCUT2D eigenvalue weighted by Gasteiger charge is 2.35. The van der Waals surface area contributed by atoms with Crippen molar-refractivity contribution in [2.75, 3.05) is 0 Å². The summed E-state index contributed by atoms with van der Waals surface area (Å²) in [6.45, 7) is 0.829. The third-order valence-electron chi connectivity index (χ3n) is 3.12. The first-order valence-electron chi connectivity index (χ1n) is 5.89. The Kier molecular flexibility index (Phi) is 3.16. The molecule has 0 atom stereocenters. The molecule has 0 bridgehead atoms. The van der Waals surface area contributed by atoms with Crippen molar-refractivity contribution in [3.63, 3.8) is 0 Å². The molecular weight excluding hydrogens is 228 g/mol. The molecule has 4 nitrogen and oxygen atoms in total. The summed E-state index contributed by atoms with van der Waals surface area (Å²) in [7, 11) is 0. The molecular formula is C11H17F2N3O. The van der Waals surface area contributed by atoms with Crippen LogP contribution in [0.2, 0.25) is 0 Å². The van der Waals surface area contributed by atoms with Gasteiger partial charge >= 0.3 is 0 Å². The molecule has 6 heteroatoms. The SMILES string of the molecule is CC(F)(F)Cc1nc(C2(N)CCCCC2)no1. The maximum absolute atomic E-state index is 12.8. The summed E-state index contributed by atoms with van der Waals surface area (Å²) in [5.74, 6) is -2.50. The Hall–Kier alpha value is -1.04. The van der Waals surface area contributed by atoms with Gasteiger partial charge in [-0.1, -0.05) is 24.4 Å². The summed E-state index contributed by atoms with van der Waals surface area (Å²) in [6, 6.07) is 0. The first-order chi connectivity index (χ1) is 7.89. The van der Waals surface area contributed by atoms with Crippen molar-refractivity contribution in [1.29, 1.82) is 0 Å². The molecule has 1 fully saturated rings. The smallest absolute Gasteiger partial charge is 0.254 e. The van der Waals surface area contributed by atoms with Gasteiger partial charge in [0.05, 0.1) is 12.0 Å². The van der Waals surface area contributed by atoms with Gasteiger partial charge in [-0.3, -0.25) is 0 Å². The number of halogens is 2. The molecule has 1 saturated carbocycles. The average Bonchev–Trinajstić information content (AvgIpc) is 2.65. The quantitative estimate of drug-likeness (QED) is 0.888. The van der Waals surface area contributed by atoms with E-state index in [1.54, 1.807) is 0 Å². The Balaban J connectivity index is 2.12. The summed E-state index contributed by atoms with van der Waals surface area (Å²) < 4.78 is 30.4. The van der Waals surface area contributed by atoms with Crippen molar-refractivity contribution in [1.82, 2.24) is 10.1 Å². The molecule has 1 aromatic heterocycles. The van der Waals surface area contributed by atoms with Gasteiger partial charge in [0.1, 0.15) is 0 Å². The van der Waals surface area contributed by atoms with E-state index in [1.807, 2.05) is 0 Å². The van der Waals surface area contributed by atoms with Gasteiger partial charge in [-0.2, -0.15) is 4.98 Å². The molecule has 0 amide bonds. The highest BCUT2D eigenvalue weighted by molar-refractivity contribution is 5.05. The molecule has 0 aliphatic heterocycles. The van der Waals surface area contributed by atoms with Crippen molar-refractivity contribution in [2.45, 2.75) is 56.9 Å². The van der Waals surface area contributed by atoms with Crippen LogP contribution in [0.4, 0.5) is 8.78 Å². The van der Waals surface area contributed by atoms with Gasteiger partial charge in [-0.25, -0.2) is 8.78 Å². The van der Waals surface area contributed by atoms with Gasteiger partial charge in [0.25, 0.3) is 5.92 Å². The Morgan fingerprint density at radius 2 is 2.00 bits per heavy atom. The van der Waals surface area contributed by atoms with Crippen LogP contribution in [0, 0.1) is 0 Å². The van der Waals surface area contributed by atoms with Gasteiger partial charge in [-0.15, -0.1) is 0 Å². The lowest BCUT2D eigenvalue weighted by molar-refractivity contribution is 0.0149. The molecule has 96 valence electrons. The standard InChI is InChI=1S/C11H17F2N3O/c1-10(12,13)7-8-15-9(16-17-8)11(14)5-3-2-4-6-11/h2-7,14H2,1H3. The van der Waals surface area contributed by atoms with E-state index in [-0.39, 0.29) is 5.89 Å². The molecule has 0 aromatic carbocycles. The fraction of sp³-hybridized carbons (Fsp3) is 0.818. The van der Waals surface area contributed by atoms with Crippen LogP contribution < -0.4 is 5.73 Å². The lowest BCUT2D eigenvalue weighted by Gasteiger charge is -2.29. The molecule has 0 spiro atoms. The first-order valence-corrected chi connectivity index (χ1v) is 5.89. The Labute approximate surface area is 98.6 Å². The topological polar surface area (TPSA) is 64.9 Å². The second-order valence-electron chi connectivity index (χ2n) is 4.98. The predicted molar refractivity (Wildman–Crippen MR) is 57.6 cm³/mol. The summed E-state index contributed by atoms with van der Waals surface area (Å²) in [6.07, 6.45) is 4.23. The lowest BCUT2D eigenvalue weighted by Crippen LogP contribution is -2.39. The molecule has 2 N–H and O–H groups in total. The van der Waals surface area contributed by atoms with Crippen molar-refractivity contribution in [3.05, 3.63) is 11.7 Å². The Morgan fingerprint density at radius 3 is 2.59 bits per heavy atom. The summed E-state index contributed by atoms with van der Waals surface area (Å²) >= 11 is 0. The van der Waals surface area contributed by atoms with Gasteiger partial charge in [-0.05, 0) is 19.8 Å². The lowest BCUT2D eigenvalue weighted by atomic mass is 9.82. The van der Waals surface area contributed by atoms with E-state index in [0.29, 0.717) is 5.82 Å². The van der Waals surface area contributed by atoms with E-state index in [0.717, 1.165) is 39.0 Å². The van der Waals surface area contributed by atoms with Crippen LogP contribution in [0.25, 0.3) is 0 Å². The number of aromatic nitrogens is 2. The van der Waals surface area contributed by atoms with Gasteiger partial charge < -0.3 is 10.3 Å². The number of nitrogens with zero attached hydrogens (tertiary/aromatic N) is 2. The molecule has 0 radical (unpaired) electrons. The minimum Gasteiger partial charge on any atom is -0.339 e. The summed E-state index contributed by atoms with van der Waals surface area (Å²) in [5, 5.41) is 3.75. The molecule has 2 rings (SSSR count). The van der Waals surface area contributed by atoms with Gasteiger partial charge in [0.2, 0.25) is 5.89 Å². The van der Waals surface area contributed by atoms with Crippen LogP contribution in [0.3, 0.4) is 0 Å². The summed E-state index contributed by atoms with van der Waals surface area (Å²) in [5.41, 5.74) is 5.59. The van der Waals surface area contributed by atoms with E-state index < -0.39 is 17.9 Å². The third kappa shape index (κ3) is 3.00. The molecule has 1 aromatic rings. The first kappa shape index (κ1) is 12.4. The highest BCUT2D eigenvalue weighted by atomic mass is 19.3. The minimum absolute atomic E-state index is 0.0390. The zero-order valence-corrected chi connectivity index (χ0v) is 9.88. The van der Waals surface area contributed by atoms with Crippen LogP contribution in [-0.4, -0.2) is 16.1 Å².